The van der Waals surface area contributed by atoms with Crippen LogP contribution < -0.4 is 5.32 Å². The van der Waals surface area contributed by atoms with E-state index in [1.54, 1.807) is 34.8 Å². The molecule has 3 heterocycles. The molecule has 3 aromatic rings. The van der Waals surface area contributed by atoms with Crippen molar-refractivity contribution in [2.45, 2.75) is 12.5 Å². The molecule has 25 heavy (non-hydrogen) atoms. The average Bonchev–Trinajstić information content (AvgIpc) is 3.26. The maximum Gasteiger partial charge on any atom is 0.238 e. The lowest BCUT2D eigenvalue weighted by Crippen LogP contribution is -2.40. The molecule has 1 atom stereocenters. The van der Waals surface area contributed by atoms with Crippen LogP contribution in [0.5, 0.6) is 0 Å². The number of nitrogens with zero attached hydrogens (tertiary/aromatic N) is 1. The Labute approximate surface area is 153 Å². The van der Waals surface area contributed by atoms with Crippen molar-refractivity contribution >= 4 is 34.3 Å². The number of carbonyl (C=O) groups is 1. The number of anilines is 1. The largest absolute Gasteiger partial charge is 0.325 e. The SMILES string of the molecule is O=C(CN1CCc2sccc2[C@@H]1c1cccs1)Nc1cccc(F)c1. The molecule has 0 aliphatic carbocycles. The van der Waals surface area contributed by atoms with Gasteiger partial charge in [0.05, 0.1) is 12.6 Å². The predicted octanol–water partition coefficient (Wildman–Crippen LogP) is 4.53. The number of hydrogen-bond acceptors (Lipinski definition) is 4. The van der Waals surface area contributed by atoms with Gasteiger partial charge in [0.15, 0.2) is 0 Å². The van der Waals surface area contributed by atoms with Gasteiger partial charge in [-0.15, -0.1) is 22.7 Å². The lowest BCUT2D eigenvalue weighted by molar-refractivity contribution is -0.117. The highest BCUT2D eigenvalue weighted by Gasteiger charge is 2.31. The molecule has 0 unspecified atom stereocenters. The minimum Gasteiger partial charge on any atom is -0.325 e. The molecule has 2 aromatic heterocycles. The molecule has 1 aromatic carbocycles. The number of nitrogens with one attached hydrogen (secondary N) is 1. The molecular formula is C19H17FN2OS2. The third kappa shape index (κ3) is 3.51. The molecule has 4 rings (SSSR count). The lowest BCUT2D eigenvalue weighted by Gasteiger charge is -2.34. The van der Waals surface area contributed by atoms with E-state index in [2.05, 4.69) is 33.1 Å². The first-order chi connectivity index (χ1) is 12.2. The Kier molecular flexibility index (Phi) is 4.65. The molecule has 0 fully saturated rings. The molecule has 0 saturated carbocycles. The summed E-state index contributed by atoms with van der Waals surface area (Å²) < 4.78 is 13.3. The standard InChI is InChI=1S/C19H17FN2OS2/c20-13-3-1-4-14(11-13)21-18(23)12-22-8-6-16-15(7-10-25-16)19(22)17-5-2-9-24-17/h1-5,7,9-11,19H,6,8,12H2,(H,21,23)/t19-/m1/s1. The topological polar surface area (TPSA) is 32.3 Å². The molecular weight excluding hydrogens is 355 g/mol. The van der Waals surface area contributed by atoms with Crippen LogP contribution in [-0.4, -0.2) is 23.9 Å². The minimum absolute atomic E-state index is 0.119. The minimum atomic E-state index is -0.352. The van der Waals surface area contributed by atoms with E-state index >= 15 is 0 Å². The van der Waals surface area contributed by atoms with Crippen LogP contribution in [-0.2, 0) is 11.2 Å². The lowest BCUT2D eigenvalue weighted by atomic mass is 9.98. The van der Waals surface area contributed by atoms with Crippen LogP contribution >= 0.6 is 22.7 Å². The highest BCUT2D eigenvalue weighted by molar-refractivity contribution is 7.10. The Hall–Kier alpha value is -2.02. The van der Waals surface area contributed by atoms with E-state index in [0.29, 0.717) is 5.69 Å². The van der Waals surface area contributed by atoms with Crippen molar-refractivity contribution in [3.05, 3.63) is 74.4 Å². The van der Waals surface area contributed by atoms with Crippen molar-refractivity contribution in [1.29, 1.82) is 0 Å². The summed E-state index contributed by atoms with van der Waals surface area (Å²) in [6, 6.07) is 12.5. The van der Waals surface area contributed by atoms with E-state index in [0.717, 1.165) is 13.0 Å². The Balaban J connectivity index is 1.54. The fourth-order valence-electron chi connectivity index (χ4n) is 3.27. The first kappa shape index (κ1) is 16.4. The smallest absolute Gasteiger partial charge is 0.238 e. The fourth-order valence-corrected chi connectivity index (χ4v) is 5.05. The van der Waals surface area contributed by atoms with E-state index < -0.39 is 0 Å². The van der Waals surface area contributed by atoms with Crippen LogP contribution in [0.1, 0.15) is 21.4 Å². The van der Waals surface area contributed by atoms with Gasteiger partial charge in [-0.25, -0.2) is 4.39 Å². The van der Waals surface area contributed by atoms with Gasteiger partial charge in [0.25, 0.3) is 0 Å². The number of hydrogen-bond donors (Lipinski definition) is 1. The Morgan fingerprint density at radius 3 is 2.92 bits per heavy atom. The van der Waals surface area contributed by atoms with Crippen LogP contribution in [0.25, 0.3) is 0 Å². The van der Waals surface area contributed by atoms with Crippen molar-refractivity contribution in [1.82, 2.24) is 4.90 Å². The first-order valence-electron chi connectivity index (χ1n) is 8.10. The number of amides is 1. The van der Waals surface area contributed by atoms with E-state index in [-0.39, 0.29) is 24.3 Å². The number of rotatable bonds is 4. The molecule has 0 bridgehead atoms. The summed E-state index contributed by atoms with van der Waals surface area (Å²) in [6.45, 7) is 1.13. The molecule has 3 nitrogen and oxygen atoms in total. The van der Waals surface area contributed by atoms with Crippen molar-refractivity contribution in [2.75, 3.05) is 18.4 Å². The first-order valence-corrected chi connectivity index (χ1v) is 9.86. The van der Waals surface area contributed by atoms with Crippen molar-refractivity contribution < 1.29 is 9.18 Å². The number of fused-ring (bicyclic) bond motifs is 1. The summed E-state index contributed by atoms with van der Waals surface area (Å²) in [4.78, 5) is 17.3. The quantitative estimate of drug-likeness (QED) is 0.729. The van der Waals surface area contributed by atoms with Crippen LogP contribution in [0.3, 0.4) is 0 Å². The predicted molar refractivity (Wildman–Crippen MR) is 101 cm³/mol. The van der Waals surface area contributed by atoms with Gasteiger partial charge in [-0.1, -0.05) is 12.1 Å². The number of benzene rings is 1. The van der Waals surface area contributed by atoms with Crippen LogP contribution in [0.15, 0.2) is 53.2 Å². The summed E-state index contributed by atoms with van der Waals surface area (Å²) in [7, 11) is 0. The van der Waals surface area contributed by atoms with Gasteiger partial charge in [0, 0.05) is 22.0 Å². The van der Waals surface area contributed by atoms with Crippen molar-refractivity contribution in [3.8, 4) is 0 Å². The molecule has 0 spiro atoms. The Morgan fingerprint density at radius 1 is 1.20 bits per heavy atom. The normalized spacial score (nSPS) is 17.2. The Bertz CT molecular complexity index is 875. The number of carbonyl (C=O) groups excluding carboxylic acids is 1. The van der Waals surface area contributed by atoms with Gasteiger partial charge < -0.3 is 5.32 Å². The van der Waals surface area contributed by atoms with Gasteiger partial charge in [-0.05, 0) is 53.1 Å². The highest BCUT2D eigenvalue weighted by Crippen LogP contribution is 2.39. The Morgan fingerprint density at radius 2 is 2.12 bits per heavy atom. The molecule has 6 heteroatoms. The molecule has 1 aliphatic rings. The van der Waals surface area contributed by atoms with E-state index in [1.807, 2.05) is 6.07 Å². The van der Waals surface area contributed by atoms with Crippen LogP contribution in [0.2, 0.25) is 0 Å². The summed E-state index contributed by atoms with van der Waals surface area (Å²) in [5, 5.41) is 7.00. The summed E-state index contributed by atoms with van der Waals surface area (Å²) >= 11 is 3.50. The fraction of sp³-hybridized carbons (Fsp3) is 0.211. The second-order valence-corrected chi connectivity index (χ2v) is 7.98. The maximum atomic E-state index is 13.3. The van der Waals surface area contributed by atoms with Crippen LogP contribution in [0, 0.1) is 5.82 Å². The van der Waals surface area contributed by atoms with Gasteiger partial charge in [0.2, 0.25) is 5.91 Å². The second-order valence-electron chi connectivity index (χ2n) is 6.00. The van der Waals surface area contributed by atoms with Crippen molar-refractivity contribution in [3.63, 3.8) is 0 Å². The van der Waals surface area contributed by atoms with Crippen LogP contribution in [0.4, 0.5) is 10.1 Å². The van der Waals surface area contributed by atoms with E-state index in [9.17, 15) is 9.18 Å². The molecule has 1 aliphatic heterocycles. The highest BCUT2D eigenvalue weighted by atomic mass is 32.1. The van der Waals surface area contributed by atoms with Gasteiger partial charge in [0.1, 0.15) is 5.82 Å². The summed E-state index contributed by atoms with van der Waals surface area (Å²) in [5.74, 6) is -0.471. The maximum absolute atomic E-state index is 13.3. The zero-order valence-electron chi connectivity index (χ0n) is 13.4. The van der Waals surface area contributed by atoms with Gasteiger partial charge in [-0.2, -0.15) is 0 Å². The second kappa shape index (κ2) is 7.07. The summed E-state index contributed by atoms with van der Waals surface area (Å²) in [6.07, 6.45) is 0.960. The molecule has 0 radical (unpaired) electrons. The van der Waals surface area contributed by atoms with Gasteiger partial charge in [-0.3, -0.25) is 9.69 Å². The molecule has 1 amide bonds. The third-order valence-electron chi connectivity index (χ3n) is 4.33. The molecule has 0 saturated heterocycles. The number of thiophene rings is 2. The molecule has 1 N–H and O–H groups in total. The molecule has 128 valence electrons. The number of halogens is 1. The van der Waals surface area contributed by atoms with E-state index in [4.69, 9.17) is 0 Å². The zero-order chi connectivity index (χ0) is 17.2. The zero-order valence-corrected chi connectivity index (χ0v) is 15.1. The summed E-state index contributed by atoms with van der Waals surface area (Å²) in [5.41, 5.74) is 1.79. The average molecular weight is 372 g/mol. The third-order valence-corrected chi connectivity index (χ3v) is 6.25. The van der Waals surface area contributed by atoms with Crippen molar-refractivity contribution in [2.24, 2.45) is 0 Å². The van der Waals surface area contributed by atoms with Gasteiger partial charge >= 0.3 is 0 Å². The van der Waals surface area contributed by atoms with E-state index in [1.165, 1.54) is 27.5 Å². The monoisotopic (exact) mass is 372 g/mol.